The highest BCUT2D eigenvalue weighted by Gasteiger charge is 2.01. The van der Waals surface area contributed by atoms with Gasteiger partial charge >= 0.3 is 0 Å². The van der Waals surface area contributed by atoms with Crippen molar-refractivity contribution >= 4 is 21.6 Å². The van der Waals surface area contributed by atoms with Gasteiger partial charge in [0.25, 0.3) is 0 Å². The van der Waals surface area contributed by atoms with Crippen molar-refractivity contribution in [1.82, 2.24) is 0 Å². The third-order valence-corrected chi connectivity index (χ3v) is 2.75. The molecule has 0 aromatic heterocycles. The summed E-state index contributed by atoms with van der Waals surface area (Å²) in [6, 6.07) is 7.71. The molecule has 4 heteroatoms. The molecule has 0 bridgehead atoms. The molecule has 1 rings (SSSR count). The van der Waals surface area contributed by atoms with Crippen molar-refractivity contribution in [1.29, 1.82) is 5.26 Å². The first kappa shape index (κ1) is 13.0. The molecule has 0 saturated carbocycles. The maximum absolute atomic E-state index is 8.91. The van der Waals surface area contributed by atoms with Gasteiger partial charge in [0, 0.05) is 17.6 Å². The minimum atomic E-state index is 0.250. The molecule has 0 aliphatic carbocycles. The van der Waals surface area contributed by atoms with Gasteiger partial charge in [-0.1, -0.05) is 15.9 Å². The van der Waals surface area contributed by atoms with Crippen LogP contribution in [0, 0.1) is 11.3 Å². The van der Waals surface area contributed by atoms with Crippen molar-refractivity contribution in [3.05, 3.63) is 28.2 Å². The largest absolute Gasteiger partial charge is 0.396 e. The highest BCUT2D eigenvalue weighted by atomic mass is 79.9. The third kappa shape index (κ3) is 4.21. The molecule has 2 N–H and O–H groups in total. The van der Waals surface area contributed by atoms with Gasteiger partial charge in [-0.3, -0.25) is 0 Å². The Balaban J connectivity index is 2.46. The Morgan fingerprint density at radius 3 is 2.81 bits per heavy atom. The van der Waals surface area contributed by atoms with E-state index in [1.54, 1.807) is 6.07 Å². The van der Waals surface area contributed by atoms with Crippen molar-refractivity contribution in [3.8, 4) is 6.07 Å². The van der Waals surface area contributed by atoms with E-state index in [-0.39, 0.29) is 6.61 Å². The number of nitrogens with zero attached hydrogens (tertiary/aromatic N) is 1. The van der Waals surface area contributed by atoms with Gasteiger partial charge in [0.2, 0.25) is 0 Å². The Kier molecular flexibility index (Phi) is 5.91. The molecule has 0 atom stereocenters. The fourth-order valence-corrected chi connectivity index (χ4v) is 1.76. The van der Waals surface area contributed by atoms with Gasteiger partial charge in [0.1, 0.15) is 6.07 Å². The smallest absolute Gasteiger partial charge is 0.101 e. The molecule has 0 heterocycles. The Morgan fingerprint density at radius 2 is 2.12 bits per heavy atom. The van der Waals surface area contributed by atoms with Gasteiger partial charge < -0.3 is 10.4 Å². The molecule has 1 aromatic rings. The standard InChI is InChI=1S/C12H15BrN2O/c13-11-5-4-10(9-14)12(8-11)15-6-2-1-3-7-16/h4-5,8,15-16H,1-3,6-7H2. The number of aliphatic hydroxyl groups excluding tert-OH is 1. The van der Waals surface area contributed by atoms with Crippen molar-refractivity contribution in [2.24, 2.45) is 0 Å². The zero-order chi connectivity index (χ0) is 11.8. The Labute approximate surface area is 104 Å². The summed E-state index contributed by atoms with van der Waals surface area (Å²) in [4.78, 5) is 0. The van der Waals surface area contributed by atoms with Gasteiger partial charge in [-0.25, -0.2) is 0 Å². The van der Waals surface area contributed by atoms with Crippen LogP contribution in [0.4, 0.5) is 5.69 Å². The molecule has 16 heavy (non-hydrogen) atoms. The molecule has 86 valence electrons. The monoisotopic (exact) mass is 282 g/mol. The SMILES string of the molecule is N#Cc1ccc(Br)cc1NCCCCCO. The number of hydrogen-bond acceptors (Lipinski definition) is 3. The second kappa shape index (κ2) is 7.26. The molecule has 0 spiro atoms. The van der Waals surface area contributed by atoms with Crippen molar-refractivity contribution in [2.75, 3.05) is 18.5 Å². The highest BCUT2D eigenvalue weighted by molar-refractivity contribution is 9.10. The van der Waals surface area contributed by atoms with E-state index in [1.165, 1.54) is 0 Å². The van der Waals surface area contributed by atoms with E-state index in [1.807, 2.05) is 12.1 Å². The number of nitrogens with one attached hydrogen (secondary N) is 1. The summed E-state index contributed by atoms with van der Waals surface area (Å²) in [6.07, 6.45) is 2.84. The quantitative estimate of drug-likeness (QED) is 0.789. The number of anilines is 1. The lowest BCUT2D eigenvalue weighted by Gasteiger charge is -2.08. The van der Waals surface area contributed by atoms with Crippen LogP contribution >= 0.6 is 15.9 Å². The second-order valence-electron chi connectivity index (χ2n) is 3.51. The number of rotatable bonds is 6. The van der Waals surface area contributed by atoms with Crippen LogP contribution in [-0.4, -0.2) is 18.3 Å². The molecule has 0 saturated heterocycles. The summed E-state index contributed by atoms with van der Waals surface area (Å²) < 4.78 is 0.962. The van der Waals surface area contributed by atoms with E-state index in [0.717, 1.165) is 36.0 Å². The van der Waals surface area contributed by atoms with Gasteiger partial charge in [-0.05, 0) is 37.5 Å². The first-order valence-electron chi connectivity index (χ1n) is 5.32. The molecule has 0 radical (unpaired) electrons. The van der Waals surface area contributed by atoms with Crippen LogP contribution < -0.4 is 5.32 Å². The molecular weight excluding hydrogens is 268 g/mol. The molecule has 0 unspecified atom stereocenters. The number of halogens is 1. The van der Waals surface area contributed by atoms with Crippen LogP contribution in [-0.2, 0) is 0 Å². The number of nitriles is 1. The lowest BCUT2D eigenvalue weighted by molar-refractivity contribution is 0.283. The fourth-order valence-electron chi connectivity index (χ4n) is 1.40. The summed E-state index contributed by atoms with van der Waals surface area (Å²) >= 11 is 3.38. The summed E-state index contributed by atoms with van der Waals surface area (Å²) in [5.41, 5.74) is 1.52. The molecule has 0 aliphatic heterocycles. The van der Waals surface area contributed by atoms with E-state index in [2.05, 4.69) is 27.3 Å². The topological polar surface area (TPSA) is 56.0 Å². The molecule has 3 nitrogen and oxygen atoms in total. The first-order valence-corrected chi connectivity index (χ1v) is 6.11. The van der Waals surface area contributed by atoms with Crippen molar-refractivity contribution in [2.45, 2.75) is 19.3 Å². The molecule has 0 amide bonds. The minimum absolute atomic E-state index is 0.250. The summed E-state index contributed by atoms with van der Waals surface area (Å²) in [7, 11) is 0. The maximum atomic E-state index is 8.91. The normalized spacial score (nSPS) is 9.81. The zero-order valence-electron chi connectivity index (χ0n) is 9.04. The lowest BCUT2D eigenvalue weighted by atomic mass is 10.2. The predicted molar refractivity (Wildman–Crippen MR) is 68.3 cm³/mol. The number of benzene rings is 1. The van der Waals surface area contributed by atoms with Gasteiger partial charge in [-0.15, -0.1) is 0 Å². The summed E-state index contributed by atoms with van der Waals surface area (Å²) in [6.45, 7) is 1.07. The molecular formula is C12H15BrN2O. The Hall–Kier alpha value is -1.05. The van der Waals surface area contributed by atoms with Crippen molar-refractivity contribution in [3.63, 3.8) is 0 Å². The van der Waals surface area contributed by atoms with E-state index >= 15 is 0 Å². The van der Waals surface area contributed by atoms with Gasteiger partial charge in [-0.2, -0.15) is 5.26 Å². The van der Waals surface area contributed by atoms with Crippen molar-refractivity contribution < 1.29 is 5.11 Å². The predicted octanol–water partition coefficient (Wildman–Crippen LogP) is 2.90. The minimum Gasteiger partial charge on any atom is -0.396 e. The third-order valence-electron chi connectivity index (χ3n) is 2.25. The molecule has 0 aliphatic rings. The van der Waals surface area contributed by atoms with E-state index in [4.69, 9.17) is 10.4 Å². The van der Waals surface area contributed by atoms with Crippen LogP contribution in [0.1, 0.15) is 24.8 Å². The van der Waals surface area contributed by atoms with Crippen LogP contribution in [0.3, 0.4) is 0 Å². The lowest BCUT2D eigenvalue weighted by Crippen LogP contribution is -2.03. The van der Waals surface area contributed by atoms with Gasteiger partial charge in [0.05, 0.1) is 11.3 Å². The molecule has 0 fully saturated rings. The van der Waals surface area contributed by atoms with Gasteiger partial charge in [0.15, 0.2) is 0 Å². The van der Waals surface area contributed by atoms with Crippen LogP contribution in [0.5, 0.6) is 0 Å². The van der Waals surface area contributed by atoms with Crippen LogP contribution in [0.25, 0.3) is 0 Å². The zero-order valence-corrected chi connectivity index (χ0v) is 10.6. The number of hydrogen-bond donors (Lipinski definition) is 2. The number of unbranched alkanes of at least 4 members (excludes halogenated alkanes) is 2. The Morgan fingerprint density at radius 1 is 1.31 bits per heavy atom. The van der Waals surface area contributed by atoms with E-state index < -0.39 is 0 Å². The van der Waals surface area contributed by atoms with E-state index in [9.17, 15) is 0 Å². The summed E-state index contributed by atoms with van der Waals surface area (Å²) in [5, 5.41) is 20.8. The van der Waals surface area contributed by atoms with E-state index in [0.29, 0.717) is 5.56 Å². The Bertz CT molecular complexity index is 374. The second-order valence-corrected chi connectivity index (χ2v) is 4.43. The highest BCUT2D eigenvalue weighted by Crippen LogP contribution is 2.20. The first-order chi connectivity index (χ1) is 7.77. The van der Waals surface area contributed by atoms with Crippen LogP contribution in [0.2, 0.25) is 0 Å². The van der Waals surface area contributed by atoms with Crippen LogP contribution in [0.15, 0.2) is 22.7 Å². The summed E-state index contributed by atoms with van der Waals surface area (Å²) in [5.74, 6) is 0. The maximum Gasteiger partial charge on any atom is 0.101 e. The fraction of sp³-hybridized carbons (Fsp3) is 0.417. The average molecular weight is 283 g/mol. The molecule has 1 aromatic carbocycles. The average Bonchev–Trinajstić information content (AvgIpc) is 2.29. The number of aliphatic hydroxyl groups is 1.